The van der Waals surface area contributed by atoms with Crippen molar-refractivity contribution in [1.29, 1.82) is 0 Å². The van der Waals surface area contributed by atoms with E-state index in [0.29, 0.717) is 25.2 Å². The number of nitrogens with zero attached hydrogens (tertiary/aromatic N) is 2. The third-order valence-electron chi connectivity index (χ3n) is 3.76. The van der Waals surface area contributed by atoms with Crippen molar-refractivity contribution in [3.8, 4) is 5.75 Å². The highest BCUT2D eigenvalue weighted by molar-refractivity contribution is 14.0. The minimum Gasteiger partial charge on any atom is -0.492 e. The van der Waals surface area contributed by atoms with Gasteiger partial charge in [-0.25, -0.2) is 4.99 Å². The number of nitrogens with two attached hydrogens (primary N) is 1. The molecule has 0 bridgehead atoms. The number of hydrogen-bond donors (Lipinski definition) is 2. The van der Waals surface area contributed by atoms with Gasteiger partial charge >= 0.3 is 0 Å². The molecule has 7 heteroatoms. The van der Waals surface area contributed by atoms with Gasteiger partial charge in [-0.2, -0.15) is 0 Å². The van der Waals surface area contributed by atoms with E-state index >= 15 is 0 Å². The lowest BCUT2D eigenvalue weighted by Gasteiger charge is -2.16. The van der Waals surface area contributed by atoms with Crippen LogP contribution in [0.15, 0.2) is 29.3 Å². The SMILES string of the molecule is CCC(C)NC(N)=NCc1cccc(OCCN(C)CCOC)c1.I. The van der Waals surface area contributed by atoms with Gasteiger partial charge in [-0.15, -0.1) is 24.0 Å². The molecule has 0 aromatic heterocycles. The molecule has 6 nitrogen and oxygen atoms in total. The van der Waals surface area contributed by atoms with Crippen molar-refractivity contribution in [3.63, 3.8) is 0 Å². The highest BCUT2D eigenvalue weighted by Crippen LogP contribution is 2.14. The zero-order chi connectivity index (χ0) is 17.8. The molecule has 1 aromatic rings. The Hall–Kier alpha value is -1.06. The molecule has 1 rings (SSSR count). The van der Waals surface area contributed by atoms with Crippen molar-refractivity contribution >= 4 is 29.9 Å². The Bertz CT molecular complexity index is 500. The molecule has 1 unspecified atom stereocenters. The number of aliphatic imine (C=N–C) groups is 1. The Morgan fingerprint density at radius 2 is 2.04 bits per heavy atom. The molecule has 0 spiro atoms. The van der Waals surface area contributed by atoms with E-state index in [1.54, 1.807) is 7.11 Å². The third kappa shape index (κ3) is 11.2. The summed E-state index contributed by atoms with van der Waals surface area (Å²) in [7, 11) is 3.77. The lowest BCUT2D eigenvalue weighted by molar-refractivity contribution is 0.150. The van der Waals surface area contributed by atoms with E-state index < -0.39 is 0 Å². The molecule has 0 aliphatic carbocycles. The van der Waals surface area contributed by atoms with Crippen molar-refractivity contribution < 1.29 is 9.47 Å². The van der Waals surface area contributed by atoms with Crippen molar-refractivity contribution in [2.24, 2.45) is 10.7 Å². The van der Waals surface area contributed by atoms with Crippen LogP contribution >= 0.6 is 24.0 Å². The van der Waals surface area contributed by atoms with Gasteiger partial charge in [-0.05, 0) is 38.1 Å². The van der Waals surface area contributed by atoms with Crippen LogP contribution in [0, 0.1) is 0 Å². The Kier molecular flexibility index (Phi) is 13.5. The maximum atomic E-state index is 5.88. The van der Waals surface area contributed by atoms with Gasteiger partial charge < -0.3 is 25.4 Å². The second-order valence-corrected chi connectivity index (χ2v) is 5.95. The smallest absolute Gasteiger partial charge is 0.189 e. The van der Waals surface area contributed by atoms with Crippen molar-refractivity contribution in [1.82, 2.24) is 10.2 Å². The molecule has 0 fully saturated rings. The van der Waals surface area contributed by atoms with Gasteiger partial charge in [-0.3, -0.25) is 0 Å². The summed E-state index contributed by atoms with van der Waals surface area (Å²) in [4.78, 5) is 6.55. The minimum atomic E-state index is 0. The summed E-state index contributed by atoms with van der Waals surface area (Å²) in [6, 6.07) is 8.31. The van der Waals surface area contributed by atoms with Crippen molar-refractivity contribution in [2.75, 3.05) is 40.5 Å². The highest BCUT2D eigenvalue weighted by Gasteiger charge is 2.02. The molecule has 0 saturated carbocycles. The molecule has 0 heterocycles. The van der Waals surface area contributed by atoms with Crippen molar-refractivity contribution in [3.05, 3.63) is 29.8 Å². The van der Waals surface area contributed by atoms with Crippen LogP contribution in [0.4, 0.5) is 0 Å². The molecule has 144 valence electrons. The van der Waals surface area contributed by atoms with Crippen LogP contribution in [0.3, 0.4) is 0 Å². The van der Waals surface area contributed by atoms with Gasteiger partial charge in [0, 0.05) is 26.2 Å². The summed E-state index contributed by atoms with van der Waals surface area (Å²) in [5.74, 6) is 1.34. The number of methoxy groups -OCH3 is 1. The number of likely N-dealkylation sites (N-methyl/N-ethyl adjacent to an activating group) is 1. The molecular formula is C18H33IN4O2. The first kappa shape index (κ1) is 23.9. The van der Waals surface area contributed by atoms with E-state index in [0.717, 1.165) is 37.4 Å². The maximum absolute atomic E-state index is 5.88. The highest BCUT2D eigenvalue weighted by atomic mass is 127. The number of nitrogens with one attached hydrogen (secondary N) is 1. The summed E-state index contributed by atoms with van der Waals surface area (Å²) < 4.78 is 10.9. The molecule has 0 amide bonds. The zero-order valence-electron chi connectivity index (χ0n) is 15.8. The van der Waals surface area contributed by atoms with Gasteiger partial charge in [0.2, 0.25) is 0 Å². The van der Waals surface area contributed by atoms with Crippen LogP contribution in [0.2, 0.25) is 0 Å². The number of ether oxygens (including phenoxy) is 2. The Labute approximate surface area is 169 Å². The largest absolute Gasteiger partial charge is 0.492 e. The van der Waals surface area contributed by atoms with Gasteiger partial charge in [0.25, 0.3) is 0 Å². The van der Waals surface area contributed by atoms with Gasteiger partial charge in [0.1, 0.15) is 12.4 Å². The van der Waals surface area contributed by atoms with E-state index in [1.807, 2.05) is 24.3 Å². The zero-order valence-corrected chi connectivity index (χ0v) is 18.2. The number of hydrogen-bond acceptors (Lipinski definition) is 4. The summed E-state index contributed by atoms with van der Waals surface area (Å²) in [5.41, 5.74) is 6.96. The molecule has 1 aromatic carbocycles. The quantitative estimate of drug-likeness (QED) is 0.299. The fraction of sp³-hybridized carbons (Fsp3) is 0.611. The van der Waals surface area contributed by atoms with Crippen LogP contribution in [0.1, 0.15) is 25.8 Å². The van der Waals surface area contributed by atoms with E-state index in [1.165, 1.54) is 0 Å². The van der Waals surface area contributed by atoms with Gasteiger partial charge in [0.15, 0.2) is 5.96 Å². The lowest BCUT2D eigenvalue weighted by Crippen LogP contribution is -2.38. The van der Waals surface area contributed by atoms with Crippen LogP contribution in [-0.4, -0.2) is 57.4 Å². The Morgan fingerprint density at radius 3 is 2.72 bits per heavy atom. The first-order chi connectivity index (χ1) is 11.5. The molecule has 0 radical (unpaired) electrons. The Balaban J connectivity index is 0.00000576. The molecule has 0 saturated heterocycles. The van der Waals surface area contributed by atoms with Crippen LogP contribution in [0.25, 0.3) is 0 Å². The summed E-state index contributed by atoms with van der Waals surface area (Å²) in [5, 5.41) is 3.16. The summed E-state index contributed by atoms with van der Waals surface area (Å²) >= 11 is 0. The minimum absolute atomic E-state index is 0. The summed E-state index contributed by atoms with van der Waals surface area (Å²) in [6.07, 6.45) is 1.01. The fourth-order valence-electron chi connectivity index (χ4n) is 1.99. The van der Waals surface area contributed by atoms with Crippen LogP contribution in [-0.2, 0) is 11.3 Å². The standard InChI is InChI=1S/C18H32N4O2.HI/c1-5-15(2)21-18(19)20-14-16-7-6-8-17(13-16)24-12-10-22(3)9-11-23-4;/h6-8,13,15H,5,9-12,14H2,1-4H3,(H3,19,20,21);1H. The predicted octanol–water partition coefficient (Wildman–Crippen LogP) is 2.46. The number of benzene rings is 1. The number of guanidine groups is 1. The van der Waals surface area contributed by atoms with E-state index in [2.05, 4.69) is 36.1 Å². The molecule has 0 aliphatic rings. The molecule has 1 atom stereocenters. The maximum Gasteiger partial charge on any atom is 0.189 e. The van der Waals surface area contributed by atoms with Gasteiger partial charge in [-0.1, -0.05) is 19.1 Å². The van der Waals surface area contributed by atoms with Crippen LogP contribution in [0.5, 0.6) is 5.75 Å². The van der Waals surface area contributed by atoms with E-state index in [9.17, 15) is 0 Å². The fourth-order valence-corrected chi connectivity index (χ4v) is 1.99. The number of halogens is 1. The average molecular weight is 464 g/mol. The molecule has 0 aliphatic heterocycles. The summed E-state index contributed by atoms with van der Waals surface area (Å²) in [6.45, 7) is 7.87. The monoisotopic (exact) mass is 464 g/mol. The molecule has 25 heavy (non-hydrogen) atoms. The number of rotatable bonds is 11. The predicted molar refractivity (Wildman–Crippen MR) is 115 cm³/mol. The second kappa shape index (κ2) is 14.1. The molecule has 3 N–H and O–H groups in total. The third-order valence-corrected chi connectivity index (χ3v) is 3.76. The van der Waals surface area contributed by atoms with E-state index in [4.69, 9.17) is 15.2 Å². The lowest BCUT2D eigenvalue weighted by atomic mass is 10.2. The van der Waals surface area contributed by atoms with Crippen LogP contribution < -0.4 is 15.8 Å². The molecular weight excluding hydrogens is 431 g/mol. The van der Waals surface area contributed by atoms with Crippen molar-refractivity contribution in [2.45, 2.75) is 32.9 Å². The normalized spacial score (nSPS) is 12.6. The topological polar surface area (TPSA) is 72.1 Å². The van der Waals surface area contributed by atoms with Gasteiger partial charge in [0.05, 0.1) is 13.2 Å². The Morgan fingerprint density at radius 1 is 1.32 bits per heavy atom. The average Bonchev–Trinajstić information content (AvgIpc) is 2.58. The second-order valence-electron chi connectivity index (χ2n) is 5.95. The first-order valence-electron chi connectivity index (χ1n) is 8.50. The first-order valence-corrected chi connectivity index (χ1v) is 8.50. The van der Waals surface area contributed by atoms with E-state index in [-0.39, 0.29) is 24.0 Å².